The second-order valence-corrected chi connectivity index (χ2v) is 5.46. The van der Waals surface area contributed by atoms with Crippen LogP contribution in [-0.4, -0.2) is 29.8 Å². The van der Waals surface area contributed by atoms with Crippen LogP contribution in [0.2, 0.25) is 0 Å². The maximum Gasteiger partial charge on any atom is 0.237 e. The monoisotopic (exact) mass is 252 g/mol. The van der Waals surface area contributed by atoms with Crippen molar-refractivity contribution in [2.75, 3.05) is 13.1 Å². The molecule has 4 nitrogen and oxygen atoms in total. The quantitative estimate of drug-likeness (QED) is 0.731. The second kappa shape index (κ2) is 7.19. The molecule has 0 saturated carbocycles. The van der Waals surface area contributed by atoms with Gasteiger partial charge in [0.25, 0.3) is 0 Å². The van der Waals surface area contributed by atoms with Crippen LogP contribution in [0.15, 0.2) is 12.2 Å². The van der Waals surface area contributed by atoms with Crippen molar-refractivity contribution in [1.82, 2.24) is 4.90 Å². The van der Waals surface area contributed by atoms with E-state index >= 15 is 0 Å². The Hall–Kier alpha value is -1.32. The van der Waals surface area contributed by atoms with Gasteiger partial charge >= 0.3 is 0 Å². The molecule has 0 aliphatic heterocycles. The van der Waals surface area contributed by atoms with E-state index in [1.807, 2.05) is 13.8 Å². The van der Waals surface area contributed by atoms with Crippen molar-refractivity contribution in [3.8, 4) is 0 Å². The third-order valence-electron chi connectivity index (χ3n) is 3.08. The molecule has 0 radical (unpaired) electrons. The van der Waals surface area contributed by atoms with E-state index in [0.29, 0.717) is 24.8 Å². The zero-order valence-corrected chi connectivity index (χ0v) is 11.4. The number of hydrogen-bond donors (Lipinski definition) is 1. The van der Waals surface area contributed by atoms with Gasteiger partial charge in [-0.05, 0) is 31.1 Å². The van der Waals surface area contributed by atoms with Gasteiger partial charge in [0.05, 0.1) is 6.54 Å². The topological polar surface area (TPSA) is 63.4 Å². The Labute approximate surface area is 109 Å². The molecule has 1 aliphatic rings. The molecular weight excluding hydrogens is 228 g/mol. The summed E-state index contributed by atoms with van der Waals surface area (Å²) < 4.78 is 0. The number of rotatable bonds is 6. The fourth-order valence-electron chi connectivity index (χ4n) is 2.29. The summed E-state index contributed by atoms with van der Waals surface area (Å²) in [5.41, 5.74) is 5.19. The number of carbonyl (C=O) groups excluding carboxylic acids is 2. The van der Waals surface area contributed by atoms with Gasteiger partial charge in [-0.1, -0.05) is 26.0 Å². The summed E-state index contributed by atoms with van der Waals surface area (Å²) in [6.07, 6.45) is 8.09. The van der Waals surface area contributed by atoms with Gasteiger partial charge in [0.15, 0.2) is 0 Å². The van der Waals surface area contributed by atoms with E-state index in [4.69, 9.17) is 5.73 Å². The van der Waals surface area contributed by atoms with Crippen LogP contribution in [0.5, 0.6) is 0 Å². The molecule has 4 heteroatoms. The molecule has 0 saturated heterocycles. The molecule has 2 N–H and O–H groups in total. The zero-order valence-electron chi connectivity index (χ0n) is 11.4. The van der Waals surface area contributed by atoms with Crippen LogP contribution in [0.1, 0.15) is 39.5 Å². The predicted octanol–water partition coefficient (Wildman–Crippen LogP) is 1.70. The summed E-state index contributed by atoms with van der Waals surface area (Å²) in [6.45, 7) is 4.69. The summed E-state index contributed by atoms with van der Waals surface area (Å²) in [4.78, 5) is 24.8. The standard InChI is InChI=1S/C14H24N2O2/c1-11(2)9-16(10-13(15)17)14(18)8-12-6-4-3-5-7-12/h4,6,11-12H,3,5,7-10H2,1-2H3,(H2,15,17). The highest BCUT2D eigenvalue weighted by molar-refractivity contribution is 5.84. The van der Waals surface area contributed by atoms with E-state index in [1.54, 1.807) is 4.90 Å². The van der Waals surface area contributed by atoms with Gasteiger partial charge in [0, 0.05) is 13.0 Å². The molecule has 0 bridgehead atoms. The Balaban J connectivity index is 2.54. The van der Waals surface area contributed by atoms with Crippen LogP contribution in [-0.2, 0) is 9.59 Å². The molecule has 0 aromatic carbocycles. The first kappa shape index (κ1) is 14.7. The Morgan fingerprint density at radius 3 is 2.67 bits per heavy atom. The molecule has 0 heterocycles. The first-order valence-corrected chi connectivity index (χ1v) is 6.71. The van der Waals surface area contributed by atoms with Crippen molar-refractivity contribution >= 4 is 11.8 Å². The molecule has 2 amide bonds. The molecule has 0 spiro atoms. The molecule has 0 aromatic rings. The lowest BCUT2D eigenvalue weighted by Gasteiger charge is -2.25. The van der Waals surface area contributed by atoms with E-state index in [0.717, 1.165) is 19.3 Å². The number of hydrogen-bond acceptors (Lipinski definition) is 2. The fraction of sp³-hybridized carbons (Fsp3) is 0.714. The van der Waals surface area contributed by atoms with Gasteiger partial charge in [-0.2, -0.15) is 0 Å². The summed E-state index contributed by atoms with van der Waals surface area (Å²) >= 11 is 0. The van der Waals surface area contributed by atoms with Crippen LogP contribution < -0.4 is 5.73 Å². The van der Waals surface area contributed by atoms with E-state index in [2.05, 4.69) is 12.2 Å². The number of primary amides is 1. The molecular formula is C14H24N2O2. The molecule has 18 heavy (non-hydrogen) atoms. The van der Waals surface area contributed by atoms with Gasteiger partial charge in [-0.25, -0.2) is 0 Å². The minimum Gasteiger partial charge on any atom is -0.368 e. The minimum atomic E-state index is -0.441. The van der Waals surface area contributed by atoms with Crippen molar-refractivity contribution in [2.24, 2.45) is 17.6 Å². The van der Waals surface area contributed by atoms with Crippen LogP contribution in [0.4, 0.5) is 0 Å². The van der Waals surface area contributed by atoms with Gasteiger partial charge in [-0.15, -0.1) is 0 Å². The molecule has 1 unspecified atom stereocenters. The highest BCUT2D eigenvalue weighted by Crippen LogP contribution is 2.21. The molecule has 1 aliphatic carbocycles. The van der Waals surface area contributed by atoms with E-state index in [1.165, 1.54) is 0 Å². The summed E-state index contributed by atoms with van der Waals surface area (Å²) in [5.74, 6) is 0.270. The lowest BCUT2D eigenvalue weighted by molar-refractivity contribution is -0.136. The number of allylic oxidation sites excluding steroid dienone is 2. The number of nitrogens with two attached hydrogens (primary N) is 1. The smallest absolute Gasteiger partial charge is 0.237 e. The molecule has 102 valence electrons. The third kappa shape index (κ3) is 5.34. The van der Waals surface area contributed by atoms with Gasteiger partial charge < -0.3 is 10.6 Å². The molecule has 0 aromatic heterocycles. The van der Waals surface area contributed by atoms with Crippen LogP contribution in [0.3, 0.4) is 0 Å². The van der Waals surface area contributed by atoms with Gasteiger partial charge in [0.1, 0.15) is 0 Å². The Bertz CT molecular complexity index is 324. The van der Waals surface area contributed by atoms with Gasteiger partial charge in [0.2, 0.25) is 11.8 Å². The largest absolute Gasteiger partial charge is 0.368 e. The molecule has 0 fully saturated rings. The summed E-state index contributed by atoms with van der Waals surface area (Å²) in [6, 6.07) is 0. The molecule has 1 rings (SSSR count). The zero-order chi connectivity index (χ0) is 13.5. The normalized spacial score (nSPS) is 18.9. The van der Waals surface area contributed by atoms with Crippen molar-refractivity contribution in [2.45, 2.75) is 39.5 Å². The average molecular weight is 252 g/mol. The number of nitrogens with zero attached hydrogens (tertiary/aromatic N) is 1. The minimum absolute atomic E-state index is 0.0352. The Kier molecular flexibility index (Phi) is 5.89. The van der Waals surface area contributed by atoms with Crippen LogP contribution in [0, 0.1) is 11.8 Å². The first-order chi connectivity index (χ1) is 8.49. The highest BCUT2D eigenvalue weighted by atomic mass is 16.2. The van der Waals surface area contributed by atoms with E-state index < -0.39 is 5.91 Å². The second-order valence-electron chi connectivity index (χ2n) is 5.46. The highest BCUT2D eigenvalue weighted by Gasteiger charge is 2.20. The maximum atomic E-state index is 12.2. The average Bonchev–Trinajstić information content (AvgIpc) is 2.28. The van der Waals surface area contributed by atoms with Gasteiger partial charge in [-0.3, -0.25) is 9.59 Å². The van der Waals surface area contributed by atoms with Crippen LogP contribution >= 0.6 is 0 Å². The summed E-state index contributed by atoms with van der Waals surface area (Å²) in [5, 5.41) is 0. The fourth-order valence-corrected chi connectivity index (χ4v) is 2.29. The predicted molar refractivity (Wildman–Crippen MR) is 71.7 cm³/mol. The van der Waals surface area contributed by atoms with E-state index in [-0.39, 0.29) is 12.5 Å². The lowest BCUT2D eigenvalue weighted by atomic mass is 9.92. The van der Waals surface area contributed by atoms with Crippen molar-refractivity contribution in [3.05, 3.63) is 12.2 Å². The number of amides is 2. The first-order valence-electron chi connectivity index (χ1n) is 6.71. The summed E-state index contributed by atoms with van der Waals surface area (Å²) in [7, 11) is 0. The lowest BCUT2D eigenvalue weighted by Crippen LogP contribution is -2.41. The van der Waals surface area contributed by atoms with E-state index in [9.17, 15) is 9.59 Å². The van der Waals surface area contributed by atoms with Crippen molar-refractivity contribution < 1.29 is 9.59 Å². The Morgan fingerprint density at radius 2 is 2.17 bits per heavy atom. The van der Waals surface area contributed by atoms with Crippen LogP contribution in [0.25, 0.3) is 0 Å². The Morgan fingerprint density at radius 1 is 1.44 bits per heavy atom. The van der Waals surface area contributed by atoms with Crippen molar-refractivity contribution in [3.63, 3.8) is 0 Å². The molecule has 1 atom stereocenters. The SMILES string of the molecule is CC(C)CN(CC(N)=O)C(=O)CC1C=CCCC1. The van der Waals surface area contributed by atoms with Crippen molar-refractivity contribution in [1.29, 1.82) is 0 Å². The number of carbonyl (C=O) groups is 2. The maximum absolute atomic E-state index is 12.2. The third-order valence-corrected chi connectivity index (χ3v) is 3.08.